The lowest BCUT2D eigenvalue weighted by Gasteiger charge is -2.17. The van der Waals surface area contributed by atoms with Gasteiger partial charge >= 0.3 is 0 Å². The van der Waals surface area contributed by atoms with Gasteiger partial charge in [-0.2, -0.15) is 0 Å². The van der Waals surface area contributed by atoms with Crippen LogP contribution < -0.4 is 10.1 Å². The molecule has 2 N–H and O–H groups in total. The van der Waals surface area contributed by atoms with Crippen LogP contribution in [0.4, 0.5) is 0 Å². The van der Waals surface area contributed by atoms with Crippen LogP contribution in [-0.4, -0.2) is 54.3 Å². The summed E-state index contributed by atoms with van der Waals surface area (Å²) >= 11 is 0. The maximum atomic E-state index is 12.0. The van der Waals surface area contributed by atoms with Gasteiger partial charge in [-0.05, 0) is 63.8 Å². The number of rotatable bonds is 8. The molecule has 24 heavy (non-hydrogen) atoms. The first kappa shape index (κ1) is 18.7. The van der Waals surface area contributed by atoms with Crippen LogP contribution in [0.3, 0.4) is 0 Å². The third-order valence-corrected chi connectivity index (χ3v) is 4.39. The van der Waals surface area contributed by atoms with Crippen molar-refractivity contribution in [3.63, 3.8) is 0 Å². The van der Waals surface area contributed by atoms with E-state index >= 15 is 0 Å². The predicted molar refractivity (Wildman–Crippen MR) is 95.1 cm³/mol. The number of aliphatic hydroxyl groups is 1. The Morgan fingerprint density at radius 3 is 2.62 bits per heavy atom. The van der Waals surface area contributed by atoms with Gasteiger partial charge in [0.05, 0.1) is 18.8 Å². The number of ether oxygens (including phenoxy) is 1. The van der Waals surface area contributed by atoms with Gasteiger partial charge in [-0.1, -0.05) is 12.1 Å². The van der Waals surface area contributed by atoms with E-state index in [1.165, 1.54) is 5.56 Å². The molecule has 1 aromatic rings. The van der Waals surface area contributed by atoms with Crippen LogP contribution in [0.5, 0.6) is 5.75 Å². The van der Waals surface area contributed by atoms with Crippen molar-refractivity contribution in [2.24, 2.45) is 5.92 Å². The van der Waals surface area contributed by atoms with Gasteiger partial charge in [0.25, 0.3) is 0 Å². The molecule has 2 unspecified atom stereocenters. The number of hydrogen-bond acceptors (Lipinski definition) is 4. The molecule has 0 aliphatic carbocycles. The Bertz CT molecular complexity index is 514. The Morgan fingerprint density at radius 2 is 2.04 bits per heavy atom. The minimum absolute atomic E-state index is 0.0565. The first-order chi connectivity index (χ1) is 11.4. The molecular weight excluding hydrogens is 304 g/mol. The van der Waals surface area contributed by atoms with Crippen molar-refractivity contribution in [3.8, 4) is 5.75 Å². The highest BCUT2D eigenvalue weighted by Gasteiger charge is 2.26. The van der Waals surface area contributed by atoms with Crippen LogP contribution in [0.2, 0.25) is 0 Å². The summed E-state index contributed by atoms with van der Waals surface area (Å²) in [6, 6.07) is 8.02. The number of aliphatic hydroxyl groups excluding tert-OH is 1. The van der Waals surface area contributed by atoms with Gasteiger partial charge in [-0.3, -0.25) is 9.69 Å². The van der Waals surface area contributed by atoms with Gasteiger partial charge in [0.1, 0.15) is 5.75 Å². The maximum Gasteiger partial charge on any atom is 0.234 e. The average Bonchev–Trinajstić information content (AvgIpc) is 2.97. The molecule has 1 aliphatic heterocycles. The quantitative estimate of drug-likeness (QED) is 0.761. The van der Waals surface area contributed by atoms with Crippen LogP contribution in [0, 0.1) is 5.92 Å². The van der Waals surface area contributed by atoms with Crippen molar-refractivity contribution in [2.45, 2.75) is 45.8 Å². The summed E-state index contributed by atoms with van der Waals surface area (Å²) in [5.74, 6) is 1.23. The van der Waals surface area contributed by atoms with Crippen molar-refractivity contribution >= 4 is 5.91 Å². The second-order valence-electron chi connectivity index (χ2n) is 6.93. The van der Waals surface area contributed by atoms with Crippen molar-refractivity contribution in [3.05, 3.63) is 29.8 Å². The first-order valence-corrected chi connectivity index (χ1v) is 8.86. The summed E-state index contributed by atoms with van der Waals surface area (Å²) in [6.07, 6.45) is 1.66. The van der Waals surface area contributed by atoms with Gasteiger partial charge in [0.2, 0.25) is 5.91 Å². The third-order valence-electron chi connectivity index (χ3n) is 4.39. The highest BCUT2D eigenvalue weighted by atomic mass is 16.5. The fourth-order valence-corrected chi connectivity index (χ4v) is 3.01. The summed E-state index contributed by atoms with van der Waals surface area (Å²) in [4.78, 5) is 14.1. The number of hydrogen-bond donors (Lipinski definition) is 2. The number of carbonyl (C=O) groups is 1. The van der Waals surface area contributed by atoms with Gasteiger partial charge in [-0.25, -0.2) is 0 Å². The number of nitrogens with one attached hydrogen (secondary N) is 1. The van der Waals surface area contributed by atoms with E-state index in [0.29, 0.717) is 19.0 Å². The molecule has 0 radical (unpaired) electrons. The summed E-state index contributed by atoms with van der Waals surface area (Å²) in [5, 5.41) is 12.6. The third kappa shape index (κ3) is 6.13. The van der Waals surface area contributed by atoms with Crippen LogP contribution in [-0.2, 0) is 11.2 Å². The van der Waals surface area contributed by atoms with E-state index in [4.69, 9.17) is 4.74 Å². The largest absolute Gasteiger partial charge is 0.491 e. The summed E-state index contributed by atoms with van der Waals surface area (Å²) < 4.78 is 5.62. The van der Waals surface area contributed by atoms with E-state index in [1.54, 1.807) is 0 Å². The molecule has 1 fully saturated rings. The van der Waals surface area contributed by atoms with E-state index in [-0.39, 0.29) is 18.1 Å². The van der Waals surface area contributed by atoms with Gasteiger partial charge in [0, 0.05) is 13.1 Å². The van der Waals surface area contributed by atoms with Gasteiger partial charge in [-0.15, -0.1) is 0 Å². The smallest absolute Gasteiger partial charge is 0.234 e. The molecule has 2 rings (SSSR count). The minimum atomic E-state index is -0.291. The Hall–Kier alpha value is -1.59. The van der Waals surface area contributed by atoms with Crippen molar-refractivity contribution < 1.29 is 14.6 Å². The van der Waals surface area contributed by atoms with Crippen molar-refractivity contribution in [2.75, 3.05) is 26.2 Å². The second kappa shape index (κ2) is 9.04. The second-order valence-corrected chi connectivity index (χ2v) is 6.93. The zero-order valence-corrected chi connectivity index (χ0v) is 15.0. The van der Waals surface area contributed by atoms with E-state index in [1.807, 2.05) is 45.0 Å². The number of benzene rings is 1. The zero-order chi connectivity index (χ0) is 17.5. The Morgan fingerprint density at radius 1 is 1.33 bits per heavy atom. The molecule has 1 saturated heterocycles. The van der Waals surface area contributed by atoms with E-state index in [0.717, 1.165) is 31.7 Å². The molecule has 0 saturated carbocycles. The Balaban J connectivity index is 1.66. The molecule has 1 aromatic carbocycles. The highest BCUT2D eigenvalue weighted by molar-refractivity contribution is 5.78. The number of amides is 1. The van der Waals surface area contributed by atoms with Crippen LogP contribution in [0.25, 0.3) is 0 Å². The monoisotopic (exact) mass is 334 g/mol. The number of nitrogens with zero attached hydrogens (tertiary/aromatic N) is 1. The molecule has 2 atom stereocenters. The highest BCUT2D eigenvalue weighted by Crippen LogP contribution is 2.19. The van der Waals surface area contributed by atoms with Crippen molar-refractivity contribution in [1.82, 2.24) is 10.2 Å². The molecule has 0 spiro atoms. The van der Waals surface area contributed by atoms with Crippen LogP contribution in [0.1, 0.15) is 32.8 Å². The predicted octanol–water partition coefficient (Wildman–Crippen LogP) is 1.84. The molecular formula is C19H30N2O3. The standard InChI is InChI=1S/C19H30N2O3/c1-14(2)24-18-6-4-16(5-7-18)8-10-20-19(23)13-21-11-9-17(12-21)15(3)22/h4-7,14-15,17,22H,8-13H2,1-3H3,(H,20,23). The molecule has 1 heterocycles. The van der Waals surface area contributed by atoms with E-state index < -0.39 is 0 Å². The molecule has 1 aliphatic rings. The topological polar surface area (TPSA) is 61.8 Å². The lowest BCUT2D eigenvalue weighted by molar-refractivity contribution is -0.122. The zero-order valence-electron chi connectivity index (χ0n) is 15.0. The SMILES string of the molecule is CC(C)Oc1ccc(CCNC(=O)CN2CCC(C(C)O)C2)cc1. The molecule has 0 bridgehead atoms. The fourth-order valence-electron chi connectivity index (χ4n) is 3.01. The van der Waals surface area contributed by atoms with Crippen LogP contribution >= 0.6 is 0 Å². The average molecular weight is 334 g/mol. The summed E-state index contributed by atoms with van der Waals surface area (Å²) in [7, 11) is 0. The minimum Gasteiger partial charge on any atom is -0.491 e. The Labute approximate surface area is 145 Å². The van der Waals surface area contributed by atoms with Gasteiger partial charge < -0.3 is 15.2 Å². The van der Waals surface area contributed by atoms with Gasteiger partial charge in [0.15, 0.2) is 0 Å². The molecule has 1 amide bonds. The maximum absolute atomic E-state index is 12.0. The summed E-state index contributed by atoms with van der Waals surface area (Å²) in [6.45, 7) is 8.59. The molecule has 5 nitrogen and oxygen atoms in total. The molecule has 5 heteroatoms. The number of carbonyl (C=O) groups excluding carboxylic acids is 1. The molecule has 0 aromatic heterocycles. The summed E-state index contributed by atoms with van der Waals surface area (Å²) in [5.41, 5.74) is 1.18. The molecule has 134 valence electrons. The normalized spacial score (nSPS) is 19.5. The fraction of sp³-hybridized carbons (Fsp3) is 0.632. The number of likely N-dealkylation sites (tertiary alicyclic amines) is 1. The van der Waals surface area contributed by atoms with Crippen molar-refractivity contribution in [1.29, 1.82) is 0 Å². The lowest BCUT2D eigenvalue weighted by atomic mass is 10.0. The first-order valence-electron chi connectivity index (χ1n) is 8.86. The van der Waals surface area contributed by atoms with E-state index in [9.17, 15) is 9.90 Å². The lowest BCUT2D eigenvalue weighted by Crippen LogP contribution is -2.37. The van der Waals surface area contributed by atoms with Crippen LogP contribution in [0.15, 0.2) is 24.3 Å². The Kier molecular flexibility index (Phi) is 7.06. The van der Waals surface area contributed by atoms with E-state index in [2.05, 4.69) is 10.2 Å².